The van der Waals surface area contributed by atoms with Gasteiger partial charge >= 0.3 is 5.97 Å². The van der Waals surface area contributed by atoms with Gasteiger partial charge in [0.15, 0.2) is 6.61 Å². The highest BCUT2D eigenvalue weighted by molar-refractivity contribution is 5.97. The number of rotatable bonds is 5. The van der Waals surface area contributed by atoms with Crippen LogP contribution in [0.25, 0.3) is 0 Å². The molecule has 1 heterocycles. The summed E-state index contributed by atoms with van der Waals surface area (Å²) in [5, 5.41) is 10.1. The van der Waals surface area contributed by atoms with E-state index < -0.39 is 6.10 Å². The Morgan fingerprint density at radius 2 is 2.29 bits per heavy atom. The normalized spacial score (nSPS) is 15.2. The number of carbonyl (C=O) groups is 2. The molecule has 1 N–H and O–H groups in total. The van der Waals surface area contributed by atoms with E-state index in [0.29, 0.717) is 23.5 Å². The van der Waals surface area contributed by atoms with Crippen LogP contribution in [0, 0.1) is 0 Å². The number of esters is 1. The third-order valence-electron chi connectivity index (χ3n) is 3.48. The molecule has 0 radical (unpaired) electrons. The molecule has 1 aromatic carbocycles. The van der Waals surface area contributed by atoms with Gasteiger partial charge in [0.05, 0.1) is 18.9 Å². The van der Waals surface area contributed by atoms with Crippen LogP contribution in [0.4, 0.5) is 5.69 Å². The minimum atomic E-state index is -0.787. The lowest BCUT2D eigenvalue weighted by Crippen LogP contribution is -2.38. The summed E-state index contributed by atoms with van der Waals surface area (Å²) in [6.07, 6.45) is -0.376. The van der Waals surface area contributed by atoms with E-state index in [1.54, 1.807) is 23.1 Å². The SMILES string of the molecule is CCN1C(=O)COc2ccc(C(O)CCC(=O)OC)cc21. The molecule has 0 saturated heterocycles. The van der Waals surface area contributed by atoms with Crippen molar-refractivity contribution in [3.05, 3.63) is 23.8 Å². The molecule has 0 spiro atoms. The third kappa shape index (κ3) is 3.33. The van der Waals surface area contributed by atoms with Crippen molar-refractivity contribution in [2.24, 2.45) is 0 Å². The zero-order valence-electron chi connectivity index (χ0n) is 12.2. The maximum atomic E-state index is 11.8. The molecular weight excluding hydrogens is 274 g/mol. The summed E-state index contributed by atoms with van der Waals surface area (Å²) in [5.41, 5.74) is 1.30. The average molecular weight is 293 g/mol. The van der Waals surface area contributed by atoms with Gasteiger partial charge in [0.2, 0.25) is 0 Å². The molecule has 21 heavy (non-hydrogen) atoms. The summed E-state index contributed by atoms with van der Waals surface area (Å²) < 4.78 is 9.92. The molecule has 0 saturated carbocycles. The van der Waals surface area contributed by atoms with Crippen LogP contribution < -0.4 is 9.64 Å². The van der Waals surface area contributed by atoms with E-state index in [0.717, 1.165) is 0 Å². The molecule has 2 rings (SSSR count). The molecule has 0 aromatic heterocycles. The summed E-state index contributed by atoms with van der Waals surface area (Å²) in [6.45, 7) is 2.45. The number of amides is 1. The van der Waals surface area contributed by atoms with Crippen molar-refractivity contribution in [2.45, 2.75) is 25.9 Å². The number of aliphatic hydroxyl groups excluding tert-OH is 1. The molecule has 1 atom stereocenters. The summed E-state index contributed by atoms with van der Waals surface area (Å²) in [5.74, 6) is 0.160. The Balaban J connectivity index is 2.17. The van der Waals surface area contributed by atoms with Crippen molar-refractivity contribution >= 4 is 17.6 Å². The first-order valence-electron chi connectivity index (χ1n) is 6.88. The molecule has 0 fully saturated rings. The Morgan fingerprint density at radius 3 is 2.95 bits per heavy atom. The third-order valence-corrected chi connectivity index (χ3v) is 3.48. The first-order chi connectivity index (χ1) is 10.1. The monoisotopic (exact) mass is 293 g/mol. The van der Waals surface area contributed by atoms with Crippen molar-refractivity contribution in [1.29, 1.82) is 0 Å². The molecule has 1 aromatic rings. The van der Waals surface area contributed by atoms with E-state index in [9.17, 15) is 14.7 Å². The van der Waals surface area contributed by atoms with Gasteiger partial charge in [-0.3, -0.25) is 9.59 Å². The predicted octanol–water partition coefficient (Wildman–Crippen LogP) is 1.42. The lowest BCUT2D eigenvalue weighted by atomic mass is 10.0. The highest BCUT2D eigenvalue weighted by Crippen LogP contribution is 2.35. The van der Waals surface area contributed by atoms with Crippen LogP contribution in [0.15, 0.2) is 18.2 Å². The highest BCUT2D eigenvalue weighted by Gasteiger charge is 2.25. The number of methoxy groups -OCH3 is 1. The second kappa shape index (κ2) is 6.58. The smallest absolute Gasteiger partial charge is 0.305 e. The molecule has 6 heteroatoms. The Kier molecular flexibility index (Phi) is 4.80. The number of aliphatic hydroxyl groups is 1. The first kappa shape index (κ1) is 15.3. The van der Waals surface area contributed by atoms with Crippen molar-refractivity contribution in [3.63, 3.8) is 0 Å². The van der Waals surface area contributed by atoms with Crippen LogP contribution in [0.1, 0.15) is 31.4 Å². The molecule has 0 aliphatic carbocycles. The number of hydrogen-bond acceptors (Lipinski definition) is 5. The van der Waals surface area contributed by atoms with Crippen LogP contribution >= 0.6 is 0 Å². The number of ether oxygens (including phenoxy) is 2. The molecule has 1 unspecified atom stereocenters. The fourth-order valence-electron chi connectivity index (χ4n) is 2.30. The summed E-state index contributed by atoms with van der Waals surface area (Å²) in [4.78, 5) is 24.5. The molecule has 1 amide bonds. The van der Waals surface area contributed by atoms with Gasteiger partial charge in [-0.05, 0) is 31.0 Å². The number of likely N-dealkylation sites (N-methyl/N-ethyl adjacent to an activating group) is 1. The fraction of sp³-hybridized carbons (Fsp3) is 0.467. The summed E-state index contributed by atoms with van der Waals surface area (Å²) in [7, 11) is 1.32. The first-order valence-corrected chi connectivity index (χ1v) is 6.88. The van der Waals surface area contributed by atoms with Crippen molar-refractivity contribution in [3.8, 4) is 5.75 Å². The Hall–Kier alpha value is -2.08. The fourth-order valence-corrected chi connectivity index (χ4v) is 2.30. The standard InChI is InChI=1S/C15H19NO5/c1-3-16-11-8-10(12(17)5-7-15(19)20-2)4-6-13(11)21-9-14(16)18/h4,6,8,12,17H,3,5,7,9H2,1-2H3. The second-order valence-electron chi connectivity index (χ2n) is 4.78. The lowest BCUT2D eigenvalue weighted by molar-refractivity contribution is -0.141. The average Bonchev–Trinajstić information content (AvgIpc) is 2.51. The number of nitrogens with zero attached hydrogens (tertiary/aromatic N) is 1. The van der Waals surface area contributed by atoms with E-state index in [4.69, 9.17) is 4.74 Å². The number of hydrogen-bond donors (Lipinski definition) is 1. The number of benzene rings is 1. The Bertz CT molecular complexity index is 543. The van der Waals surface area contributed by atoms with Gasteiger partial charge in [0.25, 0.3) is 5.91 Å². The summed E-state index contributed by atoms with van der Waals surface area (Å²) in [6, 6.07) is 5.21. The zero-order valence-corrected chi connectivity index (χ0v) is 12.2. The summed E-state index contributed by atoms with van der Waals surface area (Å²) >= 11 is 0. The largest absolute Gasteiger partial charge is 0.482 e. The van der Waals surface area contributed by atoms with Gasteiger partial charge in [0, 0.05) is 13.0 Å². The van der Waals surface area contributed by atoms with E-state index in [1.165, 1.54) is 7.11 Å². The Morgan fingerprint density at radius 1 is 1.52 bits per heavy atom. The second-order valence-corrected chi connectivity index (χ2v) is 4.78. The molecule has 0 bridgehead atoms. The van der Waals surface area contributed by atoms with Crippen LogP contribution in [0.2, 0.25) is 0 Å². The lowest BCUT2D eigenvalue weighted by Gasteiger charge is -2.29. The molecule has 1 aliphatic rings. The van der Waals surface area contributed by atoms with Gasteiger partial charge in [0.1, 0.15) is 5.75 Å². The van der Waals surface area contributed by atoms with Crippen molar-refractivity contribution in [1.82, 2.24) is 0 Å². The maximum absolute atomic E-state index is 11.8. The molecule has 114 valence electrons. The van der Waals surface area contributed by atoms with Crippen molar-refractivity contribution in [2.75, 3.05) is 25.2 Å². The van der Waals surface area contributed by atoms with Gasteiger partial charge < -0.3 is 19.5 Å². The zero-order chi connectivity index (χ0) is 15.4. The number of anilines is 1. The van der Waals surface area contributed by atoms with Crippen LogP contribution in [-0.4, -0.2) is 37.2 Å². The van der Waals surface area contributed by atoms with Gasteiger partial charge in [-0.1, -0.05) is 6.07 Å². The van der Waals surface area contributed by atoms with Crippen molar-refractivity contribution < 1.29 is 24.2 Å². The van der Waals surface area contributed by atoms with E-state index in [-0.39, 0.29) is 31.3 Å². The van der Waals surface area contributed by atoms with E-state index in [2.05, 4.69) is 4.74 Å². The minimum Gasteiger partial charge on any atom is -0.482 e. The highest BCUT2D eigenvalue weighted by atomic mass is 16.5. The molecular formula is C15H19NO5. The van der Waals surface area contributed by atoms with Crippen LogP contribution in [0.5, 0.6) is 5.75 Å². The molecule has 1 aliphatic heterocycles. The van der Waals surface area contributed by atoms with Gasteiger partial charge in [-0.25, -0.2) is 0 Å². The maximum Gasteiger partial charge on any atom is 0.305 e. The molecule has 6 nitrogen and oxygen atoms in total. The quantitative estimate of drug-likeness (QED) is 0.831. The van der Waals surface area contributed by atoms with Gasteiger partial charge in [-0.2, -0.15) is 0 Å². The van der Waals surface area contributed by atoms with E-state index in [1.807, 2.05) is 6.92 Å². The Labute approximate surface area is 123 Å². The topological polar surface area (TPSA) is 76.1 Å². The van der Waals surface area contributed by atoms with Crippen LogP contribution in [0.3, 0.4) is 0 Å². The van der Waals surface area contributed by atoms with Gasteiger partial charge in [-0.15, -0.1) is 0 Å². The number of carbonyl (C=O) groups excluding carboxylic acids is 2. The predicted molar refractivity (Wildman–Crippen MR) is 76.2 cm³/mol. The van der Waals surface area contributed by atoms with E-state index >= 15 is 0 Å². The number of fused-ring (bicyclic) bond motifs is 1. The minimum absolute atomic E-state index is 0.0328. The van der Waals surface area contributed by atoms with Crippen LogP contribution in [-0.2, 0) is 14.3 Å².